The van der Waals surface area contributed by atoms with E-state index in [1.54, 1.807) is 0 Å². The van der Waals surface area contributed by atoms with Crippen LogP contribution in [0, 0.1) is 0 Å². The highest BCUT2D eigenvalue weighted by Crippen LogP contribution is 2.53. The first-order valence-corrected chi connectivity index (χ1v) is 21.6. The second-order valence-corrected chi connectivity index (χ2v) is 17.4. The van der Waals surface area contributed by atoms with Gasteiger partial charge >= 0.3 is 0 Å². The quantitative estimate of drug-likeness (QED) is 0.177. The highest BCUT2D eigenvalue weighted by atomic mass is 15.2. The van der Waals surface area contributed by atoms with Crippen LogP contribution < -0.4 is 9.80 Å². The van der Waals surface area contributed by atoms with Crippen molar-refractivity contribution in [1.29, 1.82) is 0 Å². The molecule has 3 nitrogen and oxygen atoms in total. The van der Waals surface area contributed by atoms with Gasteiger partial charge in [-0.3, -0.25) is 0 Å². The summed E-state index contributed by atoms with van der Waals surface area (Å²) in [5, 5.41) is 7.38. The Hall–Kier alpha value is -7.88. The number of benzene rings is 10. The van der Waals surface area contributed by atoms with E-state index in [-0.39, 0.29) is 5.41 Å². The summed E-state index contributed by atoms with van der Waals surface area (Å²) in [5.41, 5.74) is 17.7. The van der Waals surface area contributed by atoms with Gasteiger partial charge in [0.25, 0.3) is 0 Å². The third kappa shape index (κ3) is 5.06. The fourth-order valence-corrected chi connectivity index (χ4v) is 10.7. The van der Waals surface area contributed by atoms with Crippen molar-refractivity contribution in [2.75, 3.05) is 9.80 Å². The van der Waals surface area contributed by atoms with Crippen LogP contribution >= 0.6 is 0 Å². The van der Waals surface area contributed by atoms with Gasteiger partial charge in [0.2, 0.25) is 0 Å². The van der Waals surface area contributed by atoms with E-state index in [0.29, 0.717) is 0 Å². The van der Waals surface area contributed by atoms with Crippen molar-refractivity contribution in [3.8, 4) is 27.9 Å². The van der Waals surface area contributed by atoms with Crippen LogP contribution in [0.4, 0.5) is 34.1 Å². The van der Waals surface area contributed by atoms with Crippen LogP contribution in [-0.4, -0.2) is 4.57 Å². The summed E-state index contributed by atoms with van der Waals surface area (Å²) in [6.07, 6.45) is 0. The van der Waals surface area contributed by atoms with Crippen molar-refractivity contribution >= 4 is 77.5 Å². The van der Waals surface area contributed by atoms with Crippen molar-refractivity contribution in [2.45, 2.75) is 19.3 Å². The molecule has 10 aromatic carbocycles. The van der Waals surface area contributed by atoms with Gasteiger partial charge < -0.3 is 14.4 Å². The van der Waals surface area contributed by atoms with Crippen molar-refractivity contribution < 1.29 is 0 Å². The van der Waals surface area contributed by atoms with Crippen molar-refractivity contribution in [3.63, 3.8) is 0 Å². The Morgan fingerprint density at radius 1 is 0.323 bits per heavy atom. The molecule has 0 saturated heterocycles. The van der Waals surface area contributed by atoms with E-state index in [1.807, 2.05) is 0 Å². The molecule has 2 aliphatic rings. The molecule has 0 unspecified atom stereocenters. The number of anilines is 6. The number of rotatable bonds is 3. The smallest absolute Gasteiger partial charge is 0.0562 e. The predicted molar refractivity (Wildman–Crippen MR) is 262 cm³/mol. The molecule has 0 fully saturated rings. The van der Waals surface area contributed by atoms with Gasteiger partial charge in [0, 0.05) is 55.4 Å². The van der Waals surface area contributed by atoms with Gasteiger partial charge in [-0.25, -0.2) is 0 Å². The number of para-hydroxylation sites is 1. The van der Waals surface area contributed by atoms with Crippen LogP contribution in [-0.2, 0) is 5.41 Å². The first kappa shape index (κ1) is 34.9. The van der Waals surface area contributed by atoms with E-state index >= 15 is 0 Å². The van der Waals surface area contributed by atoms with Gasteiger partial charge in [-0.05, 0) is 123 Å². The lowest BCUT2D eigenvalue weighted by molar-refractivity contribution is 0.660. The molecule has 0 saturated carbocycles. The first-order valence-electron chi connectivity index (χ1n) is 21.6. The molecule has 292 valence electrons. The largest absolute Gasteiger partial charge is 0.310 e. The minimum atomic E-state index is -0.164. The Morgan fingerprint density at radius 3 is 1.47 bits per heavy atom. The minimum absolute atomic E-state index is 0.164. The van der Waals surface area contributed by atoms with Crippen LogP contribution in [0.3, 0.4) is 0 Å². The number of hydrogen-bond acceptors (Lipinski definition) is 2. The third-order valence-corrected chi connectivity index (χ3v) is 13.6. The van der Waals surface area contributed by atoms with Crippen LogP contribution in [0.2, 0.25) is 0 Å². The minimum Gasteiger partial charge on any atom is -0.310 e. The molecular weight excluding hydrogens is 751 g/mol. The van der Waals surface area contributed by atoms with Crippen LogP contribution in [0.15, 0.2) is 212 Å². The monoisotopic (exact) mass is 791 g/mol. The maximum Gasteiger partial charge on any atom is 0.0562 e. The molecule has 13 rings (SSSR count). The molecule has 11 aromatic rings. The van der Waals surface area contributed by atoms with Crippen LogP contribution in [0.5, 0.6) is 0 Å². The molecule has 0 spiro atoms. The number of fused-ring (bicyclic) bond motifs is 12. The topological polar surface area (TPSA) is 11.4 Å². The van der Waals surface area contributed by atoms with E-state index in [2.05, 4.69) is 241 Å². The second kappa shape index (κ2) is 13.1. The Balaban J connectivity index is 1.08. The summed E-state index contributed by atoms with van der Waals surface area (Å²) in [6.45, 7) is 4.75. The zero-order valence-corrected chi connectivity index (χ0v) is 34.5. The van der Waals surface area contributed by atoms with Crippen molar-refractivity contribution in [1.82, 2.24) is 4.57 Å². The lowest BCUT2D eigenvalue weighted by atomic mass is 9.82. The fraction of sp³-hybridized carbons (Fsp3) is 0.0508. The predicted octanol–water partition coefficient (Wildman–Crippen LogP) is 16.3. The first-order chi connectivity index (χ1) is 30.5. The van der Waals surface area contributed by atoms with Gasteiger partial charge in [-0.2, -0.15) is 0 Å². The fourth-order valence-electron chi connectivity index (χ4n) is 10.7. The molecule has 0 amide bonds. The molecule has 2 heterocycles. The SMILES string of the molecule is CC1(C)c2ccc3cc2-c2cc(ccc21)N(c1cccc2ccccc12)c1cccc(c1)-c1cccc(c1)N3c1ccc2c3ccccc3n(-c3cccc4ccccc34)c2c1. The van der Waals surface area contributed by atoms with Gasteiger partial charge in [-0.1, -0.05) is 147 Å². The highest BCUT2D eigenvalue weighted by molar-refractivity contribution is 6.12. The molecule has 8 bridgehead atoms. The summed E-state index contributed by atoms with van der Waals surface area (Å²) in [7, 11) is 0. The van der Waals surface area contributed by atoms with Gasteiger partial charge in [-0.15, -0.1) is 0 Å². The summed E-state index contributed by atoms with van der Waals surface area (Å²) in [5.74, 6) is 0. The Morgan fingerprint density at radius 2 is 0.790 bits per heavy atom. The summed E-state index contributed by atoms with van der Waals surface area (Å²) < 4.78 is 2.47. The summed E-state index contributed by atoms with van der Waals surface area (Å²) in [4.78, 5) is 4.91. The maximum atomic E-state index is 2.47. The number of aromatic nitrogens is 1. The standard InChI is InChI=1S/C59H41N3/c1-59(2)53-31-28-44-35-51(53)52-36-45(29-32-54(52)59)61(55-25-11-15-38-13-3-5-21-47(38)55)43-20-10-18-41(34-43)40-17-9-19-42(33-40)60(44)46-27-30-50-49-23-7-8-24-57(49)62(58(50)37-46)56-26-12-16-39-14-4-6-22-48(39)56/h3-37H,1-2H3. The van der Waals surface area contributed by atoms with Crippen molar-refractivity contribution in [3.05, 3.63) is 223 Å². The summed E-state index contributed by atoms with van der Waals surface area (Å²) in [6, 6.07) is 79.0. The molecule has 0 radical (unpaired) electrons. The van der Waals surface area contributed by atoms with Crippen molar-refractivity contribution in [2.24, 2.45) is 0 Å². The molecule has 62 heavy (non-hydrogen) atoms. The van der Waals surface area contributed by atoms with E-state index in [4.69, 9.17) is 0 Å². The lowest BCUT2D eigenvalue weighted by Crippen LogP contribution is -2.16. The molecule has 0 atom stereocenters. The van der Waals surface area contributed by atoms with Gasteiger partial charge in [0.05, 0.1) is 22.4 Å². The van der Waals surface area contributed by atoms with E-state index in [9.17, 15) is 0 Å². The van der Waals surface area contributed by atoms with E-state index in [0.717, 1.165) is 45.3 Å². The lowest BCUT2D eigenvalue weighted by Gasteiger charge is -2.29. The maximum absolute atomic E-state index is 2.47. The molecule has 0 N–H and O–H groups in total. The highest BCUT2D eigenvalue weighted by Gasteiger charge is 2.37. The molecule has 1 aliphatic heterocycles. The van der Waals surface area contributed by atoms with Gasteiger partial charge in [0.15, 0.2) is 0 Å². The van der Waals surface area contributed by atoms with E-state index < -0.39 is 0 Å². The number of hydrogen-bond donors (Lipinski definition) is 0. The van der Waals surface area contributed by atoms with E-state index in [1.165, 1.54) is 71.3 Å². The molecular formula is C59H41N3. The average molecular weight is 792 g/mol. The Bertz CT molecular complexity index is 3630. The molecule has 3 heteroatoms. The Kier molecular flexibility index (Phi) is 7.36. The van der Waals surface area contributed by atoms with Gasteiger partial charge in [0.1, 0.15) is 0 Å². The molecule has 1 aliphatic carbocycles. The van der Waals surface area contributed by atoms with Crippen LogP contribution in [0.1, 0.15) is 25.0 Å². The third-order valence-electron chi connectivity index (χ3n) is 13.6. The molecule has 1 aromatic heterocycles. The van der Waals surface area contributed by atoms with Crippen LogP contribution in [0.25, 0.3) is 71.3 Å². The second-order valence-electron chi connectivity index (χ2n) is 17.4. The number of nitrogens with zero attached hydrogens (tertiary/aromatic N) is 3. The zero-order chi connectivity index (χ0) is 41.1. The zero-order valence-electron chi connectivity index (χ0n) is 34.5. The average Bonchev–Trinajstić information content (AvgIpc) is 3.76. The normalized spacial score (nSPS) is 13.7. The Labute approximate surface area is 361 Å². The summed E-state index contributed by atoms with van der Waals surface area (Å²) >= 11 is 0.